The van der Waals surface area contributed by atoms with Crippen molar-refractivity contribution in [2.75, 3.05) is 20.1 Å². The lowest BCUT2D eigenvalue weighted by Gasteiger charge is -2.34. The molecule has 1 aliphatic rings. The van der Waals surface area contributed by atoms with Crippen molar-refractivity contribution in [3.05, 3.63) is 108 Å². The van der Waals surface area contributed by atoms with Gasteiger partial charge in [0.25, 0.3) is 0 Å². The van der Waals surface area contributed by atoms with Gasteiger partial charge < -0.3 is 15.1 Å². The van der Waals surface area contributed by atoms with Crippen LogP contribution in [0.3, 0.4) is 0 Å². The highest BCUT2D eigenvalue weighted by molar-refractivity contribution is 5.74. The van der Waals surface area contributed by atoms with E-state index in [1.165, 1.54) is 5.56 Å². The predicted molar refractivity (Wildman–Crippen MR) is 139 cm³/mol. The van der Waals surface area contributed by atoms with Crippen LogP contribution in [0.25, 0.3) is 0 Å². The Morgan fingerprint density at radius 3 is 2.00 bits per heavy atom. The number of benzene rings is 3. The van der Waals surface area contributed by atoms with E-state index in [-0.39, 0.29) is 12.0 Å². The monoisotopic (exact) mass is 472 g/mol. The first-order valence-corrected chi connectivity index (χ1v) is 12.5. The molecule has 35 heavy (non-hydrogen) atoms. The van der Waals surface area contributed by atoms with E-state index < -0.39 is 18.2 Å². The summed E-state index contributed by atoms with van der Waals surface area (Å²) in [5.74, 6) is -1.20. The molecular weight excluding hydrogens is 436 g/mol. The number of unbranched alkanes of at least 4 members (excludes halogenated alkanes) is 1. The molecule has 0 saturated carbocycles. The number of aliphatic carboxylic acids is 1. The lowest BCUT2D eigenvalue weighted by Crippen LogP contribution is -2.47. The fraction of sp³-hybridized carbons (Fsp3) is 0.367. The highest BCUT2D eigenvalue weighted by Gasteiger charge is 2.44. The van der Waals surface area contributed by atoms with Crippen LogP contribution in [-0.4, -0.2) is 64.4 Å². The third-order valence-electron chi connectivity index (χ3n) is 7.25. The number of aryl methyl sites for hydroxylation is 1. The molecule has 0 bridgehead atoms. The van der Waals surface area contributed by atoms with Gasteiger partial charge in [-0.15, -0.1) is 0 Å². The number of likely N-dealkylation sites (N-methyl/N-ethyl adjacent to an activating group) is 1. The van der Waals surface area contributed by atoms with Crippen LogP contribution in [0.1, 0.15) is 41.9 Å². The van der Waals surface area contributed by atoms with Gasteiger partial charge in [-0.05, 0) is 56.0 Å². The first kappa shape index (κ1) is 25.1. The van der Waals surface area contributed by atoms with Crippen LogP contribution >= 0.6 is 0 Å². The average Bonchev–Trinajstić information content (AvgIpc) is 3.35. The summed E-state index contributed by atoms with van der Waals surface area (Å²) in [5, 5.41) is 21.6. The molecule has 1 aliphatic heterocycles. The van der Waals surface area contributed by atoms with Gasteiger partial charge in [0.15, 0.2) is 0 Å². The molecule has 1 saturated heterocycles. The molecule has 0 aromatic heterocycles. The van der Waals surface area contributed by atoms with Gasteiger partial charge in [0.1, 0.15) is 12.3 Å². The number of carbonyl (C=O) groups is 1. The molecule has 0 aliphatic carbocycles. The maximum atomic E-state index is 12.2. The number of likely N-dealkylation sites (tertiary alicyclic amines) is 1. The van der Waals surface area contributed by atoms with E-state index in [1.54, 1.807) is 4.90 Å². The SMILES string of the molecule is CN(CCCCc1ccccc1)[C@H]1C[C@@H](C(=O)O)N(C(O)C(c2ccccc2)c2ccccc2)C1. The number of aliphatic hydroxyl groups excluding tert-OH is 1. The van der Waals surface area contributed by atoms with Crippen LogP contribution in [0.5, 0.6) is 0 Å². The summed E-state index contributed by atoms with van der Waals surface area (Å²) in [5.41, 5.74) is 3.31. The minimum atomic E-state index is -0.933. The van der Waals surface area contributed by atoms with E-state index in [1.807, 2.05) is 66.7 Å². The Bertz CT molecular complexity index is 1010. The van der Waals surface area contributed by atoms with Crippen LogP contribution in [0.2, 0.25) is 0 Å². The molecule has 5 nitrogen and oxygen atoms in total. The molecule has 1 unspecified atom stereocenters. The predicted octanol–water partition coefficient (Wildman–Crippen LogP) is 4.62. The molecule has 4 rings (SSSR count). The molecule has 0 spiro atoms. The van der Waals surface area contributed by atoms with Gasteiger partial charge in [-0.2, -0.15) is 0 Å². The second-order valence-electron chi connectivity index (χ2n) is 9.58. The van der Waals surface area contributed by atoms with Gasteiger partial charge >= 0.3 is 5.97 Å². The number of hydrogen-bond acceptors (Lipinski definition) is 4. The van der Waals surface area contributed by atoms with Gasteiger partial charge in [-0.25, -0.2) is 0 Å². The smallest absolute Gasteiger partial charge is 0.321 e. The van der Waals surface area contributed by atoms with Gasteiger partial charge in [-0.3, -0.25) is 9.69 Å². The van der Waals surface area contributed by atoms with E-state index >= 15 is 0 Å². The number of carboxylic acid groups (broad SMARTS) is 1. The van der Waals surface area contributed by atoms with E-state index in [9.17, 15) is 15.0 Å². The second-order valence-corrected chi connectivity index (χ2v) is 9.58. The zero-order chi connectivity index (χ0) is 24.6. The average molecular weight is 473 g/mol. The molecule has 0 radical (unpaired) electrons. The van der Waals surface area contributed by atoms with Gasteiger partial charge in [0, 0.05) is 18.5 Å². The second kappa shape index (κ2) is 12.1. The molecule has 2 N–H and O–H groups in total. The Morgan fingerprint density at radius 1 is 0.914 bits per heavy atom. The molecule has 5 heteroatoms. The Balaban J connectivity index is 1.44. The van der Waals surface area contributed by atoms with Crippen molar-refractivity contribution in [2.24, 2.45) is 0 Å². The van der Waals surface area contributed by atoms with Crippen molar-refractivity contribution in [2.45, 2.75) is 49.9 Å². The number of rotatable bonds is 11. The Kier molecular flexibility index (Phi) is 8.69. The van der Waals surface area contributed by atoms with Crippen molar-refractivity contribution in [3.63, 3.8) is 0 Å². The van der Waals surface area contributed by atoms with E-state index in [0.717, 1.165) is 36.9 Å². The minimum Gasteiger partial charge on any atom is -0.480 e. The maximum absolute atomic E-state index is 12.2. The van der Waals surface area contributed by atoms with Crippen LogP contribution in [-0.2, 0) is 11.2 Å². The highest BCUT2D eigenvalue weighted by atomic mass is 16.4. The summed E-state index contributed by atoms with van der Waals surface area (Å²) in [6.45, 7) is 1.44. The van der Waals surface area contributed by atoms with E-state index in [4.69, 9.17) is 0 Å². The molecule has 184 valence electrons. The lowest BCUT2D eigenvalue weighted by molar-refractivity contribution is -0.146. The van der Waals surface area contributed by atoms with Crippen molar-refractivity contribution in [1.82, 2.24) is 9.80 Å². The van der Waals surface area contributed by atoms with E-state index in [0.29, 0.717) is 13.0 Å². The Labute approximate surface area is 208 Å². The number of aliphatic hydroxyl groups is 1. The zero-order valence-electron chi connectivity index (χ0n) is 20.4. The van der Waals surface area contributed by atoms with Gasteiger partial charge in [0.2, 0.25) is 0 Å². The molecule has 1 fully saturated rings. The van der Waals surface area contributed by atoms with Crippen LogP contribution in [0, 0.1) is 0 Å². The van der Waals surface area contributed by atoms with E-state index in [2.05, 4.69) is 36.2 Å². The zero-order valence-corrected chi connectivity index (χ0v) is 20.4. The van der Waals surface area contributed by atoms with Crippen molar-refractivity contribution < 1.29 is 15.0 Å². The third kappa shape index (κ3) is 6.37. The molecule has 0 amide bonds. The van der Waals surface area contributed by atoms with Gasteiger partial charge in [0.05, 0.1) is 0 Å². The van der Waals surface area contributed by atoms with Crippen LogP contribution in [0.4, 0.5) is 0 Å². The number of nitrogens with zero attached hydrogens (tertiary/aromatic N) is 2. The Hall–Kier alpha value is -2.99. The molecule has 3 aromatic carbocycles. The standard InChI is InChI=1S/C30H36N2O3/c1-31(20-12-11-15-23-13-5-2-6-14-23)26-21-27(30(34)35)32(22-26)29(33)28(24-16-7-3-8-17-24)25-18-9-4-10-19-25/h2-10,13-14,16-19,26-29,33H,11-12,15,20-22H2,1H3,(H,34,35)/t26-,27-,29?/m0/s1. The summed E-state index contributed by atoms with van der Waals surface area (Å²) >= 11 is 0. The quantitative estimate of drug-likeness (QED) is 0.399. The summed E-state index contributed by atoms with van der Waals surface area (Å²) < 4.78 is 0. The highest BCUT2D eigenvalue weighted by Crippen LogP contribution is 2.34. The summed E-state index contributed by atoms with van der Waals surface area (Å²) in [4.78, 5) is 16.3. The normalized spacial score (nSPS) is 19.3. The van der Waals surface area contributed by atoms with Crippen molar-refractivity contribution in [3.8, 4) is 0 Å². The Morgan fingerprint density at radius 2 is 1.46 bits per heavy atom. The number of carboxylic acids is 1. The van der Waals surface area contributed by atoms with Gasteiger partial charge in [-0.1, -0.05) is 91.0 Å². The lowest BCUT2D eigenvalue weighted by atomic mass is 9.89. The van der Waals surface area contributed by atoms with Crippen molar-refractivity contribution >= 4 is 5.97 Å². The minimum absolute atomic E-state index is 0.0923. The summed E-state index contributed by atoms with van der Waals surface area (Å²) in [6, 6.07) is 29.7. The van der Waals surface area contributed by atoms with Crippen molar-refractivity contribution in [1.29, 1.82) is 0 Å². The molecule has 1 heterocycles. The van der Waals surface area contributed by atoms with Crippen LogP contribution in [0.15, 0.2) is 91.0 Å². The maximum Gasteiger partial charge on any atom is 0.321 e. The topological polar surface area (TPSA) is 64.0 Å². The first-order valence-electron chi connectivity index (χ1n) is 12.5. The fourth-order valence-corrected chi connectivity index (χ4v) is 5.26. The molecule has 3 aromatic rings. The largest absolute Gasteiger partial charge is 0.480 e. The third-order valence-corrected chi connectivity index (χ3v) is 7.25. The summed E-state index contributed by atoms with van der Waals surface area (Å²) in [7, 11) is 2.08. The first-order chi connectivity index (χ1) is 17.0. The molecule has 3 atom stereocenters. The number of hydrogen-bond donors (Lipinski definition) is 2. The molecular formula is C30H36N2O3. The summed E-state index contributed by atoms with van der Waals surface area (Å²) in [6.07, 6.45) is 2.78. The fourth-order valence-electron chi connectivity index (χ4n) is 5.26. The van der Waals surface area contributed by atoms with Crippen LogP contribution < -0.4 is 0 Å².